The van der Waals surface area contributed by atoms with Crippen molar-refractivity contribution in [1.29, 1.82) is 0 Å². The van der Waals surface area contributed by atoms with E-state index in [1.807, 2.05) is 19.3 Å². The molecule has 1 aromatic heterocycles. The van der Waals surface area contributed by atoms with E-state index in [0.717, 1.165) is 50.7 Å². The summed E-state index contributed by atoms with van der Waals surface area (Å²) < 4.78 is 0. The van der Waals surface area contributed by atoms with E-state index in [1.165, 1.54) is 19.4 Å². The third kappa shape index (κ3) is 4.44. The molecule has 5 heteroatoms. The second-order valence-corrected chi connectivity index (χ2v) is 5.24. The molecule has 19 heavy (non-hydrogen) atoms. The smallest absolute Gasteiger partial charge is 0.225 e. The zero-order valence-corrected chi connectivity index (χ0v) is 11.9. The lowest BCUT2D eigenvalue weighted by molar-refractivity contribution is 0.251. The maximum atomic E-state index is 5.51. The van der Waals surface area contributed by atoms with Gasteiger partial charge in [0.1, 0.15) is 0 Å². The summed E-state index contributed by atoms with van der Waals surface area (Å²) in [6, 6.07) is 0. The van der Waals surface area contributed by atoms with Crippen LogP contribution in [0.2, 0.25) is 0 Å². The van der Waals surface area contributed by atoms with Crippen LogP contribution in [0.25, 0.3) is 0 Å². The van der Waals surface area contributed by atoms with Crippen molar-refractivity contribution in [3.63, 3.8) is 0 Å². The molecule has 1 aliphatic heterocycles. The molecular formula is C14H25N5. The molecule has 2 heterocycles. The normalized spacial score (nSPS) is 16.8. The molecule has 1 saturated heterocycles. The standard InChI is InChI=1S/C14H25N5/c1-13-11-16-14(17-12-13)19-9-7-18(8-10-19)6-4-2-3-5-15/h11-12H,2-10,15H2,1H3. The second-order valence-electron chi connectivity index (χ2n) is 5.24. The number of anilines is 1. The fourth-order valence-electron chi connectivity index (χ4n) is 2.38. The van der Waals surface area contributed by atoms with E-state index in [-0.39, 0.29) is 0 Å². The number of aryl methyl sites for hydroxylation is 1. The first kappa shape index (κ1) is 14.2. The Morgan fingerprint density at radius 2 is 1.74 bits per heavy atom. The first-order chi connectivity index (χ1) is 9.29. The van der Waals surface area contributed by atoms with Gasteiger partial charge in [0, 0.05) is 38.6 Å². The highest BCUT2D eigenvalue weighted by Crippen LogP contribution is 2.11. The van der Waals surface area contributed by atoms with Gasteiger partial charge in [-0.3, -0.25) is 4.90 Å². The van der Waals surface area contributed by atoms with E-state index in [4.69, 9.17) is 5.73 Å². The van der Waals surface area contributed by atoms with Crippen molar-refractivity contribution in [2.24, 2.45) is 5.73 Å². The number of unbranched alkanes of at least 4 members (excludes halogenated alkanes) is 2. The lowest BCUT2D eigenvalue weighted by Gasteiger charge is -2.34. The Hall–Kier alpha value is -1.20. The SMILES string of the molecule is Cc1cnc(N2CCN(CCCCCN)CC2)nc1. The van der Waals surface area contributed by atoms with Crippen LogP contribution in [0.5, 0.6) is 0 Å². The van der Waals surface area contributed by atoms with Crippen molar-refractivity contribution >= 4 is 5.95 Å². The van der Waals surface area contributed by atoms with Gasteiger partial charge in [0.2, 0.25) is 5.95 Å². The molecule has 0 aliphatic carbocycles. The van der Waals surface area contributed by atoms with Gasteiger partial charge in [-0.2, -0.15) is 0 Å². The number of hydrogen-bond acceptors (Lipinski definition) is 5. The van der Waals surface area contributed by atoms with Crippen molar-refractivity contribution in [2.75, 3.05) is 44.2 Å². The van der Waals surface area contributed by atoms with Crippen LogP contribution >= 0.6 is 0 Å². The van der Waals surface area contributed by atoms with Crippen LogP contribution in [-0.2, 0) is 0 Å². The average Bonchev–Trinajstić information content (AvgIpc) is 2.45. The molecule has 0 spiro atoms. The van der Waals surface area contributed by atoms with E-state index >= 15 is 0 Å². The third-order valence-corrected chi connectivity index (χ3v) is 3.60. The Morgan fingerprint density at radius 1 is 1.05 bits per heavy atom. The number of nitrogens with two attached hydrogens (primary N) is 1. The summed E-state index contributed by atoms with van der Waals surface area (Å²) in [4.78, 5) is 13.6. The molecular weight excluding hydrogens is 238 g/mol. The molecule has 1 aromatic rings. The van der Waals surface area contributed by atoms with Gasteiger partial charge in [-0.05, 0) is 38.4 Å². The maximum Gasteiger partial charge on any atom is 0.225 e. The molecule has 1 aliphatic rings. The predicted octanol–water partition coefficient (Wildman–Crippen LogP) is 1.04. The molecule has 2 rings (SSSR count). The Balaban J connectivity index is 1.71. The largest absolute Gasteiger partial charge is 0.338 e. The highest BCUT2D eigenvalue weighted by Gasteiger charge is 2.18. The van der Waals surface area contributed by atoms with Crippen LogP contribution in [-0.4, -0.2) is 54.1 Å². The number of rotatable bonds is 6. The molecule has 0 saturated carbocycles. The maximum absolute atomic E-state index is 5.51. The van der Waals surface area contributed by atoms with Gasteiger partial charge >= 0.3 is 0 Å². The summed E-state index contributed by atoms with van der Waals surface area (Å²) in [6.07, 6.45) is 7.44. The number of aromatic nitrogens is 2. The molecule has 0 amide bonds. The van der Waals surface area contributed by atoms with E-state index < -0.39 is 0 Å². The minimum Gasteiger partial charge on any atom is -0.338 e. The van der Waals surface area contributed by atoms with E-state index in [2.05, 4.69) is 19.8 Å². The summed E-state index contributed by atoms with van der Waals surface area (Å²) in [5.41, 5.74) is 6.62. The first-order valence-electron chi connectivity index (χ1n) is 7.25. The van der Waals surface area contributed by atoms with Crippen molar-refractivity contribution in [2.45, 2.75) is 26.2 Å². The number of nitrogens with zero attached hydrogens (tertiary/aromatic N) is 4. The number of hydrogen-bond donors (Lipinski definition) is 1. The van der Waals surface area contributed by atoms with Crippen LogP contribution in [0.4, 0.5) is 5.95 Å². The van der Waals surface area contributed by atoms with E-state index in [1.54, 1.807) is 0 Å². The van der Waals surface area contributed by atoms with Crippen molar-refractivity contribution < 1.29 is 0 Å². The van der Waals surface area contributed by atoms with Crippen LogP contribution < -0.4 is 10.6 Å². The van der Waals surface area contributed by atoms with Crippen LogP contribution in [0, 0.1) is 6.92 Å². The topological polar surface area (TPSA) is 58.3 Å². The van der Waals surface area contributed by atoms with Gasteiger partial charge in [0.05, 0.1) is 0 Å². The fourth-order valence-corrected chi connectivity index (χ4v) is 2.38. The Bertz CT molecular complexity index is 357. The van der Waals surface area contributed by atoms with Gasteiger partial charge in [-0.1, -0.05) is 6.42 Å². The minimum atomic E-state index is 0.818. The van der Waals surface area contributed by atoms with E-state index in [9.17, 15) is 0 Å². The molecule has 0 atom stereocenters. The minimum absolute atomic E-state index is 0.818. The highest BCUT2D eigenvalue weighted by molar-refractivity contribution is 5.30. The number of piperazine rings is 1. The lowest BCUT2D eigenvalue weighted by atomic mass is 10.2. The second kappa shape index (κ2) is 7.40. The molecule has 0 aromatic carbocycles. The third-order valence-electron chi connectivity index (χ3n) is 3.60. The van der Waals surface area contributed by atoms with Crippen LogP contribution in [0.3, 0.4) is 0 Å². The molecule has 1 fully saturated rings. The van der Waals surface area contributed by atoms with Crippen molar-refractivity contribution in [3.8, 4) is 0 Å². The van der Waals surface area contributed by atoms with Gasteiger partial charge in [-0.15, -0.1) is 0 Å². The average molecular weight is 263 g/mol. The molecule has 0 unspecified atom stereocenters. The first-order valence-corrected chi connectivity index (χ1v) is 7.25. The zero-order valence-electron chi connectivity index (χ0n) is 11.9. The van der Waals surface area contributed by atoms with Gasteiger partial charge < -0.3 is 10.6 Å². The molecule has 0 bridgehead atoms. The molecule has 5 nitrogen and oxygen atoms in total. The monoisotopic (exact) mass is 263 g/mol. The van der Waals surface area contributed by atoms with Crippen LogP contribution in [0.15, 0.2) is 12.4 Å². The summed E-state index contributed by atoms with van der Waals surface area (Å²) in [7, 11) is 0. The fraction of sp³-hybridized carbons (Fsp3) is 0.714. The van der Waals surface area contributed by atoms with Crippen LogP contribution in [0.1, 0.15) is 24.8 Å². The van der Waals surface area contributed by atoms with Gasteiger partial charge in [-0.25, -0.2) is 9.97 Å². The Kier molecular flexibility index (Phi) is 5.54. The predicted molar refractivity (Wildman–Crippen MR) is 78.3 cm³/mol. The lowest BCUT2D eigenvalue weighted by Crippen LogP contribution is -2.47. The summed E-state index contributed by atoms with van der Waals surface area (Å²) in [5.74, 6) is 0.869. The van der Waals surface area contributed by atoms with Gasteiger partial charge in [0.15, 0.2) is 0 Å². The van der Waals surface area contributed by atoms with Crippen molar-refractivity contribution in [3.05, 3.63) is 18.0 Å². The molecule has 106 valence electrons. The quantitative estimate of drug-likeness (QED) is 0.777. The Morgan fingerprint density at radius 3 is 2.37 bits per heavy atom. The van der Waals surface area contributed by atoms with Crippen molar-refractivity contribution in [1.82, 2.24) is 14.9 Å². The molecule has 0 radical (unpaired) electrons. The highest BCUT2D eigenvalue weighted by atomic mass is 15.3. The van der Waals surface area contributed by atoms with Gasteiger partial charge in [0.25, 0.3) is 0 Å². The summed E-state index contributed by atoms with van der Waals surface area (Å²) in [6.45, 7) is 8.31. The summed E-state index contributed by atoms with van der Waals surface area (Å²) >= 11 is 0. The zero-order chi connectivity index (χ0) is 13.5. The summed E-state index contributed by atoms with van der Waals surface area (Å²) in [5, 5.41) is 0. The van der Waals surface area contributed by atoms with E-state index in [0.29, 0.717) is 0 Å². The molecule has 2 N–H and O–H groups in total. The Labute approximate surface area is 115 Å².